The fraction of sp³-hybridized carbons (Fsp3) is 0.409. The Kier molecular flexibility index (Phi) is 5.24. The molecule has 3 heterocycles. The number of nitrogens with zero attached hydrogens (tertiary/aromatic N) is 3. The SMILES string of the molecule is CC(=O)N1CC2(CCN(C(=O)CN(C)C(=O)c3ccco3)CC2)Nc2ccccc21. The number of rotatable bonds is 3. The third-order valence-electron chi connectivity index (χ3n) is 5.96. The molecule has 1 aromatic heterocycles. The van der Waals surface area contributed by atoms with E-state index >= 15 is 0 Å². The number of furan rings is 1. The van der Waals surface area contributed by atoms with Gasteiger partial charge in [-0.15, -0.1) is 0 Å². The lowest BCUT2D eigenvalue weighted by Crippen LogP contribution is -2.60. The molecule has 0 unspecified atom stereocenters. The number of carbonyl (C=O) groups excluding carboxylic acids is 3. The molecular weight excluding hydrogens is 384 g/mol. The van der Waals surface area contributed by atoms with Crippen molar-refractivity contribution in [2.24, 2.45) is 0 Å². The normalized spacial score (nSPS) is 17.3. The summed E-state index contributed by atoms with van der Waals surface area (Å²) in [7, 11) is 1.60. The van der Waals surface area contributed by atoms with Gasteiger partial charge in [0.15, 0.2) is 5.76 Å². The second kappa shape index (κ2) is 7.85. The van der Waals surface area contributed by atoms with Crippen LogP contribution in [0.5, 0.6) is 0 Å². The highest BCUT2D eigenvalue weighted by Crippen LogP contribution is 2.39. The van der Waals surface area contributed by atoms with Gasteiger partial charge in [-0.25, -0.2) is 0 Å². The van der Waals surface area contributed by atoms with E-state index < -0.39 is 0 Å². The molecule has 158 valence electrons. The van der Waals surface area contributed by atoms with Gasteiger partial charge >= 0.3 is 0 Å². The number of piperidine rings is 1. The molecule has 1 fully saturated rings. The molecule has 2 aliphatic rings. The van der Waals surface area contributed by atoms with Crippen LogP contribution < -0.4 is 10.2 Å². The van der Waals surface area contributed by atoms with Crippen LogP contribution in [0.15, 0.2) is 47.1 Å². The Balaban J connectivity index is 1.39. The van der Waals surface area contributed by atoms with Gasteiger partial charge in [-0.3, -0.25) is 14.4 Å². The van der Waals surface area contributed by atoms with Crippen LogP contribution in [0, 0.1) is 0 Å². The molecule has 4 rings (SSSR count). The maximum atomic E-state index is 12.7. The minimum absolute atomic E-state index is 0.00235. The molecule has 1 N–H and O–H groups in total. The molecule has 1 aromatic carbocycles. The van der Waals surface area contributed by atoms with E-state index in [9.17, 15) is 14.4 Å². The number of hydrogen-bond donors (Lipinski definition) is 1. The van der Waals surface area contributed by atoms with Crippen molar-refractivity contribution in [1.82, 2.24) is 9.80 Å². The number of carbonyl (C=O) groups is 3. The fourth-order valence-electron chi connectivity index (χ4n) is 4.24. The highest BCUT2D eigenvalue weighted by Gasteiger charge is 2.42. The van der Waals surface area contributed by atoms with Crippen LogP contribution >= 0.6 is 0 Å². The Bertz CT molecular complexity index is 948. The molecule has 30 heavy (non-hydrogen) atoms. The summed E-state index contributed by atoms with van der Waals surface area (Å²) in [5.74, 6) is -0.173. The minimum atomic E-state index is -0.315. The number of benzene rings is 1. The van der Waals surface area contributed by atoms with Gasteiger partial charge in [0.2, 0.25) is 11.8 Å². The first-order chi connectivity index (χ1) is 14.4. The number of amides is 3. The number of hydrogen-bond acceptors (Lipinski definition) is 5. The van der Waals surface area contributed by atoms with Crippen molar-refractivity contribution in [2.45, 2.75) is 25.3 Å². The van der Waals surface area contributed by atoms with Gasteiger partial charge in [-0.1, -0.05) is 12.1 Å². The van der Waals surface area contributed by atoms with Crippen molar-refractivity contribution < 1.29 is 18.8 Å². The van der Waals surface area contributed by atoms with Crippen molar-refractivity contribution in [1.29, 1.82) is 0 Å². The molecule has 0 aliphatic carbocycles. The van der Waals surface area contributed by atoms with E-state index in [0.29, 0.717) is 19.6 Å². The largest absolute Gasteiger partial charge is 0.459 e. The molecule has 0 atom stereocenters. The summed E-state index contributed by atoms with van der Waals surface area (Å²) in [6, 6.07) is 11.0. The molecule has 2 aromatic rings. The standard InChI is InChI=1S/C22H26N4O4/c1-16(27)26-15-22(23-17-6-3-4-7-18(17)26)9-11-25(12-10-22)20(28)14-24(2)21(29)19-8-5-13-30-19/h3-8,13,23H,9-12,14-15H2,1-2H3. The smallest absolute Gasteiger partial charge is 0.289 e. The number of likely N-dealkylation sites (N-methyl/N-ethyl adjacent to an activating group) is 1. The zero-order valence-corrected chi connectivity index (χ0v) is 17.3. The Morgan fingerprint density at radius 1 is 1.13 bits per heavy atom. The van der Waals surface area contributed by atoms with Crippen LogP contribution in [-0.2, 0) is 9.59 Å². The second-order valence-electron chi connectivity index (χ2n) is 8.05. The Hall–Kier alpha value is -3.29. The number of para-hydroxylation sites is 2. The number of likely N-dealkylation sites (tertiary alicyclic amines) is 1. The molecule has 1 saturated heterocycles. The molecule has 1 spiro atoms. The topological polar surface area (TPSA) is 86.1 Å². The van der Waals surface area contributed by atoms with E-state index in [-0.39, 0.29) is 35.6 Å². The monoisotopic (exact) mass is 410 g/mol. The van der Waals surface area contributed by atoms with E-state index in [1.165, 1.54) is 11.2 Å². The van der Waals surface area contributed by atoms with Crippen LogP contribution in [0.25, 0.3) is 0 Å². The average molecular weight is 410 g/mol. The summed E-state index contributed by atoms with van der Waals surface area (Å²) in [5, 5.41) is 3.63. The van der Waals surface area contributed by atoms with E-state index in [4.69, 9.17) is 4.42 Å². The van der Waals surface area contributed by atoms with Gasteiger partial charge in [-0.2, -0.15) is 0 Å². The lowest BCUT2D eigenvalue weighted by molar-refractivity contribution is -0.133. The Morgan fingerprint density at radius 2 is 1.87 bits per heavy atom. The van der Waals surface area contributed by atoms with Gasteiger partial charge in [-0.05, 0) is 37.1 Å². The van der Waals surface area contributed by atoms with Crippen LogP contribution in [0.3, 0.4) is 0 Å². The quantitative estimate of drug-likeness (QED) is 0.838. The van der Waals surface area contributed by atoms with Crippen molar-refractivity contribution >= 4 is 29.1 Å². The maximum Gasteiger partial charge on any atom is 0.289 e. The number of anilines is 2. The lowest BCUT2D eigenvalue weighted by atomic mass is 9.84. The molecule has 0 radical (unpaired) electrons. The highest BCUT2D eigenvalue weighted by molar-refractivity contribution is 5.97. The number of nitrogens with one attached hydrogen (secondary N) is 1. The predicted molar refractivity (Wildman–Crippen MR) is 112 cm³/mol. The van der Waals surface area contributed by atoms with Gasteiger partial charge in [0.1, 0.15) is 0 Å². The fourth-order valence-corrected chi connectivity index (χ4v) is 4.24. The van der Waals surface area contributed by atoms with E-state index in [1.54, 1.807) is 31.0 Å². The van der Waals surface area contributed by atoms with Gasteiger partial charge in [0.25, 0.3) is 5.91 Å². The van der Waals surface area contributed by atoms with Crippen LogP contribution in [-0.4, -0.2) is 66.3 Å². The third-order valence-corrected chi connectivity index (χ3v) is 5.96. The molecule has 8 nitrogen and oxygen atoms in total. The van der Waals surface area contributed by atoms with Crippen molar-refractivity contribution in [3.8, 4) is 0 Å². The van der Waals surface area contributed by atoms with Gasteiger partial charge in [0.05, 0.1) is 29.7 Å². The Morgan fingerprint density at radius 3 is 2.53 bits per heavy atom. The molecule has 0 bridgehead atoms. The summed E-state index contributed by atoms with van der Waals surface area (Å²) in [4.78, 5) is 42.3. The predicted octanol–water partition coefficient (Wildman–Crippen LogP) is 2.19. The van der Waals surface area contributed by atoms with E-state index in [1.807, 2.05) is 29.2 Å². The summed E-state index contributed by atoms with van der Waals surface area (Å²) in [5.41, 5.74) is 1.59. The zero-order chi connectivity index (χ0) is 21.3. The zero-order valence-electron chi connectivity index (χ0n) is 17.3. The van der Waals surface area contributed by atoms with E-state index in [0.717, 1.165) is 24.2 Å². The Labute approximate surface area is 175 Å². The summed E-state index contributed by atoms with van der Waals surface area (Å²) >= 11 is 0. The third kappa shape index (κ3) is 3.77. The summed E-state index contributed by atoms with van der Waals surface area (Å²) in [6.45, 7) is 3.31. The van der Waals surface area contributed by atoms with Gasteiger partial charge in [0, 0.05) is 33.6 Å². The van der Waals surface area contributed by atoms with Crippen molar-refractivity contribution in [3.05, 3.63) is 48.4 Å². The highest BCUT2D eigenvalue weighted by atomic mass is 16.3. The molecule has 8 heteroatoms. The van der Waals surface area contributed by atoms with Crippen LogP contribution in [0.4, 0.5) is 11.4 Å². The average Bonchev–Trinajstić information content (AvgIpc) is 3.27. The van der Waals surface area contributed by atoms with Crippen molar-refractivity contribution in [2.75, 3.05) is 43.4 Å². The maximum absolute atomic E-state index is 12.7. The summed E-state index contributed by atoms with van der Waals surface area (Å²) in [6.07, 6.45) is 2.89. The van der Waals surface area contributed by atoms with Crippen LogP contribution in [0.2, 0.25) is 0 Å². The van der Waals surface area contributed by atoms with E-state index in [2.05, 4.69) is 5.32 Å². The van der Waals surface area contributed by atoms with Crippen LogP contribution in [0.1, 0.15) is 30.3 Å². The number of fused-ring (bicyclic) bond motifs is 1. The molecule has 0 saturated carbocycles. The first-order valence-electron chi connectivity index (χ1n) is 10.1. The lowest BCUT2D eigenvalue weighted by Gasteiger charge is -2.49. The van der Waals surface area contributed by atoms with Crippen molar-refractivity contribution in [3.63, 3.8) is 0 Å². The first-order valence-corrected chi connectivity index (χ1v) is 10.1. The second-order valence-corrected chi connectivity index (χ2v) is 8.05. The van der Waals surface area contributed by atoms with Gasteiger partial charge < -0.3 is 24.4 Å². The first kappa shape index (κ1) is 20.0. The molecular formula is C22H26N4O4. The summed E-state index contributed by atoms with van der Waals surface area (Å²) < 4.78 is 5.12. The molecule has 2 aliphatic heterocycles. The minimum Gasteiger partial charge on any atom is -0.459 e. The molecule has 3 amide bonds.